The summed E-state index contributed by atoms with van der Waals surface area (Å²) in [6.07, 6.45) is 4.83. The fourth-order valence-corrected chi connectivity index (χ4v) is 3.48. The molecule has 0 heterocycles. The third kappa shape index (κ3) is 8.63. The Kier molecular flexibility index (Phi) is 10.5. The maximum absolute atomic E-state index is 12.1. The molecule has 1 saturated carbocycles. The predicted octanol–water partition coefficient (Wildman–Crippen LogP) is 4.19. The largest absolute Gasteiger partial charge is 0.534 e. The molecule has 6 nitrogen and oxygen atoms in total. The van der Waals surface area contributed by atoms with E-state index in [2.05, 4.69) is 4.18 Å². The monoisotopic (exact) mass is 447 g/mol. The SMILES string of the molecule is CC(=O)C1=C(OS(=O)(=O)C(F)(F)F)CCCC1.CC(=O)C1CCCCC1=O.[2H]CF. The summed E-state index contributed by atoms with van der Waals surface area (Å²) in [4.78, 5) is 32.9. The molecule has 0 N–H and O–H groups in total. The van der Waals surface area contributed by atoms with Crippen molar-refractivity contribution in [2.75, 3.05) is 7.15 Å². The number of ketones is 3. The zero-order chi connectivity index (χ0) is 23.5. The molecule has 11 heteroatoms. The highest BCUT2D eigenvalue weighted by atomic mass is 32.2. The molecule has 0 radical (unpaired) electrons. The van der Waals surface area contributed by atoms with Crippen LogP contribution in [0.2, 0.25) is 0 Å². The Hall–Kier alpha value is -1.78. The van der Waals surface area contributed by atoms with Gasteiger partial charge in [0.2, 0.25) is 0 Å². The van der Waals surface area contributed by atoms with Gasteiger partial charge in [-0.05, 0) is 46.0 Å². The first-order chi connectivity index (χ1) is 13.8. The molecule has 0 spiro atoms. The van der Waals surface area contributed by atoms with Crippen LogP contribution in [0.4, 0.5) is 17.6 Å². The number of carbonyl (C=O) groups excluding carboxylic acids is 3. The van der Waals surface area contributed by atoms with E-state index in [0.29, 0.717) is 19.3 Å². The maximum atomic E-state index is 12.1. The smallest absolute Gasteiger partial charge is 0.380 e. The van der Waals surface area contributed by atoms with Crippen LogP contribution in [-0.2, 0) is 28.7 Å². The topological polar surface area (TPSA) is 94.6 Å². The van der Waals surface area contributed by atoms with Crippen LogP contribution in [0.25, 0.3) is 0 Å². The van der Waals surface area contributed by atoms with Gasteiger partial charge >= 0.3 is 15.6 Å². The number of allylic oxidation sites excluding steroid dienone is 2. The standard InChI is InChI=1S/C9H11F3O4S.C8H12O2.CH3F/c1-6(13)7-4-2-3-5-8(7)16-17(14,15)9(10,11)12;1-6(9)7-4-2-3-5-8(7)10;1-2/h2-5H2,1H3;7H,2-5H2,1H3;1H3/i;;1D. The Bertz CT molecular complexity index is 746. The van der Waals surface area contributed by atoms with Gasteiger partial charge in [0, 0.05) is 18.4 Å². The van der Waals surface area contributed by atoms with Crippen LogP contribution in [0, 0.1) is 5.92 Å². The molecule has 2 rings (SSSR count). The van der Waals surface area contributed by atoms with E-state index in [0.717, 1.165) is 19.3 Å². The highest BCUT2D eigenvalue weighted by Gasteiger charge is 2.49. The van der Waals surface area contributed by atoms with Gasteiger partial charge in [-0.25, -0.2) is 0 Å². The first-order valence-corrected chi connectivity index (χ1v) is 10.3. The van der Waals surface area contributed by atoms with E-state index in [1.807, 2.05) is 0 Å². The number of carbonyl (C=O) groups is 3. The molecule has 1 unspecified atom stereocenters. The molecule has 0 aromatic rings. The summed E-state index contributed by atoms with van der Waals surface area (Å²) in [5.74, 6) is -0.893. The minimum absolute atomic E-state index is 0.0316. The van der Waals surface area contributed by atoms with Crippen molar-refractivity contribution in [3.63, 3.8) is 0 Å². The minimum Gasteiger partial charge on any atom is -0.380 e. The van der Waals surface area contributed by atoms with Crippen LogP contribution in [0.15, 0.2) is 11.3 Å². The summed E-state index contributed by atoms with van der Waals surface area (Å²) in [5, 5.41) is 0. The summed E-state index contributed by atoms with van der Waals surface area (Å²) >= 11 is 0. The Balaban J connectivity index is 0.000000546. The Morgan fingerprint density at radius 2 is 1.59 bits per heavy atom. The van der Waals surface area contributed by atoms with Crippen molar-refractivity contribution in [1.29, 1.82) is 0 Å². The summed E-state index contributed by atoms with van der Waals surface area (Å²) < 4.78 is 77.4. The molecule has 0 amide bonds. The first kappa shape index (κ1) is 25.3. The number of hydrogen-bond donors (Lipinski definition) is 0. The lowest BCUT2D eigenvalue weighted by atomic mass is 9.86. The third-order valence-electron chi connectivity index (χ3n) is 4.38. The van der Waals surface area contributed by atoms with Crippen molar-refractivity contribution in [3.05, 3.63) is 11.3 Å². The summed E-state index contributed by atoms with van der Waals surface area (Å²) in [6.45, 7) is 2.68. The zero-order valence-electron chi connectivity index (χ0n) is 17.3. The maximum Gasteiger partial charge on any atom is 0.534 e. The summed E-state index contributed by atoms with van der Waals surface area (Å²) in [5.41, 5.74) is -5.44. The normalized spacial score (nSPS) is 20.4. The van der Waals surface area contributed by atoms with Crippen molar-refractivity contribution in [2.45, 2.75) is 70.7 Å². The molecule has 29 heavy (non-hydrogen) atoms. The lowest BCUT2D eigenvalue weighted by Gasteiger charge is -2.19. The average Bonchev–Trinajstić information content (AvgIpc) is 2.62. The second-order valence-electron chi connectivity index (χ2n) is 6.52. The van der Waals surface area contributed by atoms with Gasteiger partial charge in [-0.3, -0.25) is 18.8 Å². The van der Waals surface area contributed by atoms with Crippen molar-refractivity contribution < 1.29 is 45.9 Å². The van der Waals surface area contributed by atoms with Gasteiger partial charge in [0.25, 0.3) is 0 Å². The van der Waals surface area contributed by atoms with Crippen LogP contribution >= 0.6 is 0 Å². The molecule has 0 saturated heterocycles. The van der Waals surface area contributed by atoms with Crippen molar-refractivity contribution in [1.82, 2.24) is 0 Å². The Morgan fingerprint density at radius 1 is 1.07 bits per heavy atom. The van der Waals surface area contributed by atoms with E-state index in [1.165, 1.54) is 13.8 Å². The summed E-state index contributed by atoms with van der Waals surface area (Å²) in [7, 11) is -6.67. The van der Waals surface area contributed by atoms with E-state index in [4.69, 9.17) is 1.37 Å². The molecule has 0 aromatic carbocycles. The fourth-order valence-electron chi connectivity index (χ4n) is 2.93. The van der Waals surface area contributed by atoms with E-state index in [1.54, 1.807) is 0 Å². The third-order valence-corrected chi connectivity index (χ3v) is 5.37. The van der Waals surface area contributed by atoms with Crippen LogP contribution in [0.3, 0.4) is 0 Å². The van der Waals surface area contributed by atoms with Crippen LogP contribution in [-0.4, -0.2) is 38.4 Å². The van der Waals surface area contributed by atoms with E-state index >= 15 is 0 Å². The quantitative estimate of drug-likeness (QED) is 0.278. The van der Waals surface area contributed by atoms with Crippen LogP contribution in [0.5, 0.6) is 0 Å². The van der Waals surface area contributed by atoms with Gasteiger partial charge in [-0.2, -0.15) is 21.6 Å². The number of Topliss-reactive ketones (excluding diaryl/α,β-unsaturated/α-hetero) is 3. The molecule has 1 atom stereocenters. The number of hydrogen-bond acceptors (Lipinski definition) is 6. The molecule has 0 aromatic heterocycles. The Labute approximate surface area is 169 Å². The molecular weight excluding hydrogens is 420 g/mol. The predicted molar refractivity (Wildman–Crippen MR) is 96.9 cm³/mol. The van der Waals surface area contributed by atoms with Gasteiger partial charge in [-0.15, -0.1) is 0 Å². The molecule has 2 aliphatic carbocycles. The van der Waals surface area contributed by atoms with Crippen molar-refractivity contribution in [3.8, 4) is 0 Å². The second kappa shape index (κ2) is 12.0. The first-order valence-electron chi connectivity index (χ1n) is 9.61. The minimum atomic E-state index is -5.67. The molecule has 2 aliphatic rings. The molecule has 168 valence electrons. The van der Waals surface area contributed by atoms with Gasteiger partial charge in [0.1, 0.15) is 17.3 Å². The van der Waals surface area contributed by atoms with E-state index in [-0.39, 0.29) is 41.7 Å². The molecule has 1 fully saturated rings. The zero-order valence-corrected chi connectivity index (χ0v) is 17.1. The number of rotatable bonds is 4. The lowest BCUT2D eigenvalue weighted by molar-refractivity contribution is -0.133. The molecule has 0 bridgehead atoms. The van der Waals surface area contributed by atoms with Crippen molar-refractivity contribution >= 4 is 27.5 Å². The van der Waals surface area contributed by atoms with Gasteiger partial charge < -0.3 is 4.18 Å². The summed E-state index contributed by atoms with van der Waals surface area (Å²) in [6, 6.07) is 0. The molecule has 0 aliphatic heterocycles. The lowest BCUT2D eigenvalue weighted by Crippen LogP contribution is -2.26. The Morgan fingerprint density at radius 3 is 2.00 bits per heavy atom. The fraction of sp³-hybridized carbons (Fsp3) is 0.722. The van der Waals surface area contributed by atoms with Crippen LogP contribution in [0.1, 0.15) is 66.6 Å². The van der Waals surface area contributed by atoms with E-state index < -0.39 is 28.6 Å². The van der Waals surface area contributed by atoms with Crippen molar-refractivity contribution in [2.24, 2.45) is 5.92 Å². The average molecular weight is 447 g/mol. The van der Waals surface area contributed by atoms with E-state index in [9.17, 15) is 40.4 Å². The highest BCUT2D eigenvalue weighted by Crippen LogP contribution is 2.32. The second-order valence-corrected chi connectivity index (χ2v) is 8.06. The number of alkyl halides is 4. The van der Waals surface area contributed by atoms with Gasteiger partial charge in [-0.1, -0.05) is 6.42 Å². The van der Waals surface area contributed by atoms with Gasteiger partial charge in [0.15, 0.2) is 5.78 Å². The number of halogens is 4. The van der Waals surface area contributed by atoms with Crippen LogP contribution < -0.4 is 0 Å². The highest BCUT2D eigenvalue weighted by molar-refractivity contribution is 7.87. The van der Waals surface area contributed by atoms with Gasteiger partial charge in [0.05, 0.1) is 14.4 Å². The molecular formula is C18H26F4O6S.